The van der Waals surface area contributed by atoms with Crippen molar-refractivity contribution in [3.8, 4) is 0 Å². The van der Waals surface area contributed by atoms with E-state index in [-0.39, 0.29) is 0 Å². The first-order chi connectivity index (χ1) is 7.42. The summed E-state index contributed by atoms with van der Waals surface area (Å²) in [5, 5.41) is 0. The summed E-state index contributed by atoms with van der Waals surface area (Å²) in [5.74, 6) is 2.79. The molecule has 2 bridgehead atoms. The minimum Gasteiger partial charge on any atom is -0.435 e. The molecule has 0 spiro atoms. The molecule has 0 atom stereocenters. The minimum atomic E-state index is 0.618. The van der Waals surface area contributed by atoms with E-state index in [0.29, 0.717) is 6.92 Å². The van der Waals surface area contributed by atoms with Crippen molar-refractivity contribution in [1.29, 1.82) is 0 Å². The predicted octanol–water partition coefficient (Wildman–Crippen LogP) is 3.81. The number of hydrogen-bond acceptors (Lipinski definition) is 2. The van der Waals surface area contributed by atoms with E-state index in [1.54, 1.807) is 0 Å². The van der Waals surface area contributed by atoms with Crippen molar-refractivity contribution in [2.75, 3.05) is 12.4 Å². The van der Waals surface area contributed by atoms with Crippen LogP contribution in [-0.4, -0.2) is 19.3 Å². The SMILES string of the molecule is SCCCCOB1C2CCCC1CCC2. The molecule has 2 aliphatic heterocycles. The lowest BCUT2D eigenvalue weighted by atomic mass is 9.38. The third-order valence-corrected chi connectivity index (χ3v) is 4.41. The smallest absolute Gasteiger partial charge is 0.299 e. The van der Waals surface area contributed by atoms with Crippen LogP contribution in [0.2, 0.25) is 11.6 Å². The number of hydrogen-bond donors (Lipinski definition) is 1. The molecule has 0 aromatic rings. The average Bonchev–Trinajstić information content (AvgIpc) is 2.24. The second-order valence-electron chi connectivity index (χ2n) is 5.15. The molecule has 0 radical (unpaired) electrons. The van der Waals surface area contributed by atoms with Crippen LogP contribution in [0, 0.1) is 0 Å². The fourth-order valence-corrected chi connectivity index (χ4v) is 3.54. The van der Waals surface area contributed by atoms with Crippen LogP contribution in [0.1, 0.15) is 51.4 Å². The average molecular weight is 226 g/mol. The summed E-state index contributed by atoms with van der Waals surface area (Å²) in [7, 11) is 0. The van der Waals surface area contributed by atoms with Crippen LogP contribution in [0.3, 0.4) is 0 Å². The van der Waals surface area contributed by atoms with Crippen LogP contribution in [0.5, 0.6) is 0 Å². The number of rotatable bonds is 5. The van der Waals surface area contributed by atoms with Crippen LogP contribution < -0.4 is 0 Å². The van der Waals surface area contributed by atoms with Gasteiger partial charge in [0.15, 0.2) is 0 Å². The van der Waals surface area contributed by atoms with Crippen molar-refractivity contribution < 1.29 is 4.65 Å². The summed E-state index contributed by atoms with van der Waals surface area (Å²) in [6.07, 6.45) is 11.0. The van der Waals surface area contributed by atoms with Crippen LogP contribution in [0.4, 0.5) is 0 Å². The standard InChI is InChI=1S/C12H23BOS/c15-10-2-1-9-14-13-11-5-3-6-12(13)8-4-7-11/h11-12,15H,1-10H2. The first-order valence-corrected chi connectivity index (χ1v) is 7.27. The zero-order chi connectivity index (χ0) is 10.5. The molecule has 0 amide bonds. The van der Waals surface area contributed by atoms with E-state index < -0.39 is 0 Å². The van der Waals surface area contributed by atoms with Gasteiger partial charge in [0.05, 0.1) is 0 Å². The van der Waals surface area contributed by atoms with Gasteiger partial charge in [-0.05, 0) is 30.2 Å². The van der Waals surface area contributed by atoms with E-state index in [1.165, 1.54) is 51.4 Å². The zero-order valence-corrected chi connectivity index (χ0v) is 10.6. The maximum Gasteiger partial charge on any atom is 0.299 e. The molecule has 2 saturated heterocycles. The molecule has 15 heavy (non-hydrogen) atoms. The Morgan fingerprint density at radius 3 is 2.13 bits per heavy atom. The molecule has 2 rings (SSSR count). The highest BCUT2D eigenvalue weighted by Gasteiger charge is 2.40. The van der Waals surface area contributed by atoms with Crippen molar-refractivity contribution in [3.63, 3.8) is 0 Å². The second kappa shape index (κ2) is 6.19. The Morgan fingerprint density at radius 2 is 1.60 bits per heavy atom. The Bertz CT molecular complexity index is 166. The molecular weight excluding hydrogens is 203 g/mol. The molecule has 86 valence electrons. The Balaban J connectivity index is 1.74. The maximum absolute atomic E-state index is 6.12. The van der Waals surface area contributed by atoms with Crippen molar-refractivity contribution in [2.45, 2.75) is 63.0 Å². The van der Waals surface area contributed by atoms with Gasteiger partial charge in [0.2, 0.25) is 0 Å². The number of fused-ring (bicyclic) bond motifs is 2. The molecule has 2 fully saturated rings. The largest absolute Gasteiger partial charge is 0.435 e. The molecule has 2 aliphatic rings. The summed E-state index contributed by atoms with van der Waals surface area (Å²) in [6, 6.07) is 0. The van der Waals surface area contributed by atoms with E-state index in [2.05, 4.69) is 12.6 Å². The van der Waals surface area contributed by atoms with Gasteiger partial charge in [-0.15, -0.1) is 0 Å². The molecule has 0 saturated carbocycles. The van der Waals surface area contributed by atoms with Crippen molar-refractivity contribution in [3.05, 3.63) is 0 Å². The van der Waals surface area contributed by atoms with Crippen LogP contribution in [0.25, 0.3) is 0 Å². The quantitative estimate of drug-likeness (QED) is 0.426. The first-order valence-electron chi connectivity index (χ1n) is 6.64. The fraction of sp³-hybridized carbons (Fsp3) is 1.00. The van der Waals surface area contributed by atoms with Crippen LogP contribution >= 0.6 is 12.6 Å². The van der Waals surface area contributed by atoms with Gasteiger partial charge in [-0.25, -0.2) is 0 Å². The van der Waals surface area contributed by atoms with Gasteiger partial charge < -0.3 is 4.65 Å². The molecule has 0 unspecified atom stereocenters. The molecule has 3 heteroatoms. The van der Waals surface area contributed by atoms with Crippen LogP contribution in [0.15, 0.2) is 0 Å². The Hall–Kier alpha value is 0.375. The summed E-state index contributed by atoms with van der Waals surface area (Å²) in [4.78, 5) is 0. The van der Waals surface area contributed by atoms with Gasteiger partial charge in [0, 0.05) is 6.61 Å². The van der Waals surface area contributed by atoms with Gasteiger partial charge in [-0.1, -0.05) is 38.5 Å². The third-order valence-electron chi connectivity index (χ3n) is 4.09. The summed E-state index contributed by atoms with van der Waals surface area (Å²) in [5.41, 5.74) is 0. The summed E-state index contributed by atoms with van der Waals surface area (Å²) in [6.45, 7) is 1.59. The lowest BCUT2D eigenvalue weighted by Crippen LogP contribution is -2.37. The topological polar surface area (TPSA) is 9.23 Å². The zero-order valence-electron chi connectivity index (χ0n) is 9.66. The van der Waals surface area contributed by atoms with Crippen molar-refractivity contribution >= 4 is 19.5 Å². The maximum atomic E-state index is 6.12. The lowest BCUT2D eigenvalue weighted by Gasteiger charge is -2.39. The van der Waals surface area contributed by atoms with E-state index >= 15 is 0 Å². The highest BCUT2D eigenvalue weighted by Crippen LogP contribution is 2.46. The monoisotopic (exact) mass is 226 g/mol. The van der Waals surface area contributed by atoms with Crippen molar-refractivity contribution in [2.24, 2.45) is 0 Å². The summed E-state index contributed by atoms with van der Waals surface area (Å²) >= 11 is 4.23. The molecule has 0 aliphatic carbocycles. The van der Waals surface area contributed by atoms with Gasteiger partial charge in [0.25, 0.3) is 6.92 Å². The molecular formula is C12H23BOS. The normalized spacial score (nSPS) is 30.6. The van der Waals surface area contributed by atoms with Crippen LogP contribution in [-0.2, 0) is 4.65 Å². The van der Waals surface area contributed by atoms with E-state index in [0.717, 1.165) is 24.0 Å². The summed E-state index contributed by atoms with van der Waals surface area (Å²) < 4.78 is 6.12. The molecule has 1 nitrogen and oxygen atoms in total. The van der Waals surface area contributed by atoms with Gasteiger partial charge in [0.1, 0.15) is 0 Å². The van der Waals surface area contributed by atoms with E-state index in [4.69, 9.17) is 4.65 Å². The Labute approximate surface area is 99.9 Å². The molecule has 0 N–H and O–H groups in total. The number of thiol groups is 1. The highest BCUT2D eigenvalue weighted by atomic mass is 32.1. The second-order valence-corrected chi connectivity index (χ2v) is 5.60. The van der Waals surface area contributed by atoms with Gasteiger partial charge in [-0.2, -0.15) is 12.6 Å². The third kappa shape index (κ3) is 3.16. The predicted molar refractivity (Wildman–Crippen MR) is 70.0 cm³/mol. The minimum absolute atomic E-state index is 0.618. The Kier molecular flexibility index (Phi) is 4.89. The fourth-order valence-electron chi connectivity index (χ4n) is 3.32. The first kappa shape index (κ1) is 11.8. The molecule has 0 aromatic carbocycles. The van der Waals surface area contributed by atoms with E-state index in [9.17, 15) is 0 Å². The molecule has 0 aromatic heterocycles. The highest BCUT2D eigenvalue weighted by molar-refractivity contribution is 7.80. The molecule has 2 heterocycles. The lowest BCUT2D eigenvalue weighted by molar-refractivity contribution is 0.263. The Morgan fingerprint density at radius 1 is 1.00 bits per heavy atom. The van der Waals surface area contributed by atoms with E-state index in [1.807, 2.05) is 0 Å². The van der Waals surface area contributed by atoms with Gasteiger partial charge in [-0.3, -0.25) is 0 Å². The van der Waals surface area contributed by atoms with Crippen molar-refractivity contribution in [1.82, 2.24) is 0 Å². The number of unbranched alkanes of at least 4 members (excludes halogenated alkanes) is 1. The van der Waals surface area contributed by atoms with Gasteiger partial charge >= 0.3 is 0 Å².